The SMILES string of the molecule is CCCc1nc2ccccc2n1CCOc1ccc(C(=O)O)cc1. The first-order valence-corrected chi connectivity index (χ1v) is 8.09. The van der Waals surface area contributed by atoms with E-state index >= 15 is 0 Å². The van der Waals surface area contributed by atoms with Crippen LogP contribution in [0.5, 0.6) is 5.75 Å². The molecule has 1 heterocycles. The lowest BCUT2D eigenvalue weighted by Crippen LogP contribution is -2.11. The molecule has 1 N–H and O–H groups in total. The van der Waals surface area contributed by atoms with Crippen LogP contribution in [-0.4, -0.2) is 27.2 Å². The number of carboxylic acids is 1. The average molecular weight is 324 g/mol. The maximum atomic E-state index is 10.9. The molecule has 0 radical (unpaired) electrons. The third-order valence-corrected chi connectivity index (χ3v) is 3.89. The van der Waals surface area contributed by atoms with Crippen molar-refractivity contribution >= 4 is 17.0 Å². The first-order chi connectivity index (χ1) is 11.7. The van der Waals surface area contributed by atoms with Gasteiger partial charge in [-0.15, -0.1) is 0 Å². The number of fused-ring (bicyclic) bond motifs is 1. The maximum Gasteiger partial charge on any atom is 0.335 e. The Morgan fingerprint density at radius 1 is 1.17 bits per heavy atom. The topological polar surface area (TPSA) is 64.4 Å². The summed E-state index contributed by atoms with van der Waals surface area (Å²) in [7, 11) is 0. The molecular weight excluding hydrogens is 304 g/mol. The third kappa shape index (κ3) is 3.40. The minimum Gasteiger partial charge on any atom is -0.492 e. The zero-order valence-electron chi connectivity index (χ0n) is 13.6. The van der Waals surface area contributed by atoms with E-state index in [-0.39, 0.29) is 5.56 Å². The molecule has 0 bridgehead atoms. The van der Waals surface area contributed by atoms with Crippen LogP contribution in [0.3, 0.4) is 0 Å². The molecule has 0 fully saturated rings. The fraction of sp³-hybridized carbons (Fsp3) is 0.263. The smallest absolute Gasteiger partial charge is 0.335 e. The Morgan fingerprint density at radius 2 is 1.92 bits per heavy atom. The Kier molecular flexibility index (Phi) is 4.79. The quantitative estimate of drug-likeness (QED) is 0.718. The number of aromatic nitrogens is 2. The second-order valence-electron chi connectivity index (χ2n) is 5.60. The van der Waals surface area contributed by atoms with E-state index in [1.54, 1.807) is 24.3 Å². The third-order valence-electron chi connectivity index (χ3n) is 3.89. The predicted molar refractivity (Wildman–Crippen MR) is 92.6 cm³/mol. The average Bonchev–Trinajstić information content (AvgIpc) is 2.93. The molecule has 0 aliphatic rings. The molecule has 0 saturated carbocycles. The van der Waals surface area contributed by atoms with Crippen molar-refractivity contribution in [2.75, 3.05) is 6.61 Å². The molecule has 3 rings (SSSR count). The molecule has 0 saturated heterocycles. The number of nitrogens with zero attached hydrogens (tertiary/aromatic N) is 2. The molecular formula is C19H20N2O3. The fourth-order valence-electron chi connectivity index (χ4n) is 2.74. The van der Waals surface area contributed by atoms with E-state index in [4.69, 9.17) is 14.8 Å². The lowest BCUT2D eigenvalue weighted by Gasteiger charge is -2.10. The van der Waals surface area contributed by atoms with Crippen molar-refractivity contribution in [1.82, 2.24) is 9.55 Å². The van der Waals surface area contributed by atoms with Gasteiger partial charge in [0.25, 0.3) is 0 Å². The van der Waals surface area contributed by atoms with Gasteiger partial charge < -0.3 is 14.4 Å². The molecule has 1 aromatic heterocycles. The van der Waals surface area contributed by atoms with Crippen LogP contribution in [0.2, 0.25) is 0 Å². The minimum absolute atomic E-state index is 0.258. The van der Waals surface area contributed by atoms with E-state index in [9.17, 15) is 4.79 Å². The monoisotopic (exact) mass is 324 g/mol. The van der Waals surface area contributed by atoms with Gasteiger partial charge in [-0.2, -0.15) is 0 Å². The van der Waals surface area contributed by atoms with Crippen LogP contribution in [0.1, 0.15) is 29.5 Å². The Balaban J connectivity index is 1.71. The van der Waals surface area contributed by atoms with E-state index in [0.29, 0.717) is 18.9 Å². The summed E-state index contributed by atoms with van der Waals surface area (Å²) in [6, 6.07) is 14.6. The lowest BCUT2D eigenvalue weighted by atomic mass is 10.2. The summed E-state index contributed by atoms with van der Waals surface area (Å²) in [6.45, 7) is 3.35. The molecule has 0 spiro atoms. The number of imidazole rings is 1. The first kappa shape index (κ1) is 16.1. The van der Waals surface area contributed by atoms with Gasteiger partial charge in [0.1, 0.15) is 18.2 Å². The Hall–Kier alpha value is -2.82. The van der Waals surface area contributed by atoms with Gasteiger partial charge in [-0.1, -0.05) is 19.1 Å². The van der Waals surface area contributed by atoms with Crippen LogP contribution in [0.4, 0.5) is 0 Å². The number of aryl methyl sites for hydroxylation is 1. The van der Waals surface area contributed by atoms with Crippen molar-refractivity contribution in [3.8, 4) is 5.75 Å². The number of aromatic carboxylic acids is 1. The van der Waals surface area contributed by atoms with Crippen molar-refractivity contribution in [2.24, 2.45) is 0 Å². The Labute approximate surface area is 140 Å². The van der Waals surface area contributed by atoms with Gasteiger partial charge in [-0.25, -0.2) is 9.78 Å². The molecule has 5 nitrogen and oxygen atoms in total. The second-order valence-corrected chi connectivity index (χ2v) is 5.60. The number of para-hydroxylation sites is 2. The number of carbonyl (C=O) groups is 1. The molecule has 0 aliphatic heterocycles. The molecule has 5 heteroatoms. The van der Waals surface area contributed by atoms with Crippen LogP contribution >= 0.6 is 0 Å². The highest BCUT2D eigenvalue weighted by atomic mass is 16.5. The number of rotatable bonds is 7. The number of hydrogen-bond acceptors (Lipinski definition) is 3. The summed E-state index contributed by atoms with van der Waals surface area (Å²) < 4.78 is 7.95. The summed E-state index contributed by atoms with van der Waals surface area (Å²) in [5, 5.41) is 8.91. The molecule has 2 aromatic carbocycles. The molecule has 0 atom stereocenters. The largest absolute Gasteiger partial charge is 0.492 e. The fourth-order valence-corrected chi connectivity index (χ4v) is 2.74. The van der Waals surface area contributed by atoms with Gasteiger partial charge in [0, 0.05) is 6.42 Å². The van der Waals surface area contributed by atoms with Crippen molar-refractivity contribution in [3.63, 3.8) is 0 Å². The highest BCUT2D eigenvalue weighted by molar-refractivity contribution is 5.87. The minimum atomic E-state index is -0.935. The van der Waals surface area contributed by atoms with Gasteiger partial charge in [-0.3, -0.25) is 0 Å². The van der Waals surface area contributed by atoms with Crippen molar-refractivity contribution in [1.29, 1.82) is 0 Å². The molecule has 124 valence electrons. The Morgan fingerprint density at radius 3 is 2.62 bits per heavy atom. The molecule has 0 unspecified atom stereocenters. The summed E-state index contributed by atoms with van der Waals surface area (Å²) >= 11 is 0. The van der Waals surface area contributed by atoms with E-state index in [2.05, 4.69) is 17.6 Å². The van der Waals surface area contributed by atoms with E-state index in [0.717, 1.165) is 29.7 Å². The van der Waals surface area contributed by atoms with Gasteiger partial charge in [0.15, 0.2) is 0 Å². The second kappa shape index (κ2) is 7.17. The maximum absolute atomic E-state index is 10.9. The summed E-state index contributed by atoms with van der Waals surface area (Å²) in [6.07, 6.45) is 1.98. The number of ether oxygens (including phenoxy) is 1. The summed E-state index contributed by atoms with van der Waals surface area (Å²) in [4.78, 5) is 15.6. The van der Waals surface area contributed by atoms with Gasteiger partial charge >= 0.3 is 5.97 Å². The zero-order chi connectivity index (χ0) is 16.9. The number of benzene rings is 2. The van der Waals surface area contributed by atoms with Gasteiger partial charge in [-0.05, 0) is 42.8 Å². The molecule has 3 aromatic rings. The summed E-state index contributed by atoms with van der Waals surface area (Å²) in [5.74, 6) is 0.806. The van der Waals surface area contributed by atoms with Crippen LogP contribution in [-0.2, 0) is 13.0 Å². The van der Waals surface area contributed by atoms with E-state index < -0.39 is 5.97 Å². The van der Waals surface area contributed by atoms with Crippen LogP contribution in [0.25, 0.3) is 11.0 Å². The van der Waals surface area contributed by atoms with Crippen LogP contribution < -0.4 is 4.74 Å². The van der Waals surface area contributed by atoms with Gasteiger partial charge in [0.2, 0.25) is 0 Å². The lowest BCUT2D eigenvalue weighted by molar-refractivity contribution is 0.0697. The van der Waals surface area contributed by atoms with E-state index in [1.807, 2.05) is 18.2 Å². The molecule has 0 amide bonds. The van der Waals surface area contributed by atoms with E-state index in [1.165, 1.54) is 0 Å². The van der Waals surface area contributed by atoms with Crippen molar-refractivity contribution in [2.45, 2.75) is 26.3 Å². The van der Waals surface area contributed by atoms with Crippen LogP contribution in [0.15, 0.2) is 48.5 Å². The highest BCUT2D eigenvalue weighted by Gasteiger charge is 2.09. The van der Waals surface area contributed by atoms with Crippen LogP contribution in [0, 0.1) is 0 Å². The van der Waals surface area contributed by atoms with Crippen molar-refractivity contribution in [3.05, 3.63) is 59.9 Å². The predicted octanol–water partition coefficient (Wildman–Crippen LogP) is 3.77. The Bertz CT molecular complexity index is 837. The standard InChI is InChI=1S/C19H20N2O3/c1-2-5-18-20-16-6-3-4-7-17(16)21(18)12-13-24-15-10-8-14(9-11-15)19(22)23/h3-4,6-11H,2,5,12-13H2,1H3,(H,22,23). The molecule has 24 heavy (non-hydrogen) atoms. The number of hydrogen-bond donors (Lipinski definition) is 1. The van der Waals surface area contributed by atoms with Gasteiger partial charge in [0.05, 0.1) is 23.1 Å². The number of carboxylic acid groups (broad SMARTS) is 1. The normalized spacial score (nSPS) is 10.9. The van der Waals surface area contributed by atoms with Crippen molar-refractivity contribution < 1.29 is 14.6 Å². The first-order valence-electron chi connectivity index (χ1n) is 8.09. The molecule has 0 aliphatic carbocycles. The highest BCUT2D eigenvalue weighted by Crippen LogP contribution is 2.18. The summed E-state index contributed by atoms with van der Waals surface area (Å²) in [5.41, 5.74) is 2.38. The zero-order valence-corrected chi connectivity index (χ0v) is 13.6.